The van der Waals surface area contributed by atoms with Gasteiger partial charge in [-0.2, -0.15) is 0 Å². The molecule has 0 radical (unpaired) electrons. The fourth-order valence-electron chi connectivity index (χ4n) is 2.47. The number of nitrogens with two attached hydrogens (primary N) is 1. The fraction of sp³-hybridized carbons (Fsp3) is 0.538. The first-order valence-corrected chi connectivity index (χ1v) is 6.36. The van der Waals surface area contributed by atoms with Gasteiger partial charge in [0, 0.05) is 17.9 Å². The lowest BCUT2D eigenvalue weighted by Crippen LogP contribution is -2.37. The minimum absolute atomic E-state index is 0.103. The van der Waals surface area contributed by atoms with Crippen molar-refractivity contribution < 1.29 is 4.79 Å². The van der Waals surface area contributed by atoms with Crippen LogP contribution >= 0.6 is 0 Å². The van der Waals surface area contributed by atoms with E-state index in [-0.39, 0.29) is 11.9 Å². The predicted molar refractivity (Wildman–Crippen MR) is 71.1 cm³/mol. The zero-order valence-corrected chi connectivity index (χ0v) is 10.9. The third kappa shape index (κ3) is 2.61. The number of rotatable bonds is 3. The number of amides is 1. The van der Waals surface area contributed by atoms with Gasteiger partial charge in [-0.1, -0.05) is 13.3 Å². The third-order valence-corrected chi connectivity index (χ3v) is 3.62. The molecule has 2 rings (SSSR count). The molecule has 1 amide bonds. The van der Waals surface area contributed by atoms with Crippen molar-refractivity contribution in [3.63, 3.8) is 0 Å². The van der Waals surface area contributed by atoms with Gasteiger partial charge in [0.2, 0.25) is 0 Å². The number of carbonyl (C=O) groups is 1. The smallest absolute Gasteiger partial charge is 0.255 e. The summed E-state index contributed by atoms with van der Waals surface area (Å²) in [5.41, 5.74) is 4.50. The van der Waals surface area contributed by atoms with E-state index >= 15 is 0 Å². The molecule has 5 nitrogen and oxygen atoms in total. The summed E-state index contributed by atoms with van der Waals surface area (Å²) < 4.78 is 0. The van der Waals surface area contributed by atoms with E-state index in [0.29, 0.717) is 17.2 Å². The standard InChI is InChI=1S/C13H20N4O/c1-8-4-3-5-11(8)16-13(18)10-7-15-9(2)6-12(10)17-14/h6-8,11H,3-5,14H2,1-2H3,(H,15,17)(H,16,18). The molecule has 2 atom stereocenters. The second-order valence-corrected chi connectivity index (χ2v) is 5.00. The number of anilines is 1. The molecule has 1 aliphatic rings. The predicted octanol–water partition coefficient (Wildman–Crippen LogP) is 1.59. The second kappa shape index (κ2) is 5.35. The normalized spacial score (nSPS) is 22.8. The van der Waals surface area contributed by atoms with E-state index in [2.05, 4.69) is 22.7 Å². The highest BCUT2D eigenvalue weighted by molar-refractivity contribution is 5.99. The van der Waals surface area contributed by atoms with Crippen molar-refractivity contribution in [3.05, 3.63) is 23.5 Å². The summed E-state index contributed by atoms with van der Waals surface area (Å²) in [6, 6.07) is 2.04. The summed E-state index contributed by atoms with van der Waals surface area (Å²) >= 11 is 0. The highest BCUT2D eigenvalue weighted by Crippen LogP contribution is 2.25. The Morgan fingerprint density at radius 2 is 2.28 bits per heavy atom. The van der Waals surface area contributed by atoms with Gasteiger partial charge in [0.25, 0.3) is 5.91 Å². The molecule has 1 heterocycles. The van der Waals surface area contributed by atoms with Gasteiger partial charge >= 0.3 is 0 Å². The molecule has 0 saturated heterocycles. The Morgan fingerprint density at radius 1 is 1.50 bits per heavy atom. The fourth-order valence-corrected chi connectivity index (χ4v) is 2.47. The molecule has 98 valence electrons. The van der Waals surface area contributed by atoms with Crippen molar-refractivity contribution in [1.82, 2.24) is 10.3 Å². The van der Waals surface area contributed by atoms with Crippen LogP contribution in [0.2, 0.25) is 0 Å². The lowest BCUT2D eigenvalue weighted by atomic mass is 10.1. The van der Waals surface area contributed by atoms with Crippen LogP contribution in [-0.4, -0.2) is 16.9 Å². The molecule has 18 heavy (non-hydrogen) atoms. The molecule has 0 aliphatic heterocycles. The molecule has 1 aliphatic carbocycles. The minimum Gasteiger partial charge on any atom is -0.349 e. The number of nitrogen functional groups attached to an aromatic ring is 1. The Kier molecular flexibility index (Phi) is 3.81. The topological polar surface area (TPSA) is 80.0 Å². The largest absolute Gasteiger partial charge is 0.349 e. The minimum atomic E-state index is -0.103. The van der Waals surface area contributed by atoms with Crippen LogP contribution in [0, 0.1) is 12.8 Å². The van der Waals surface area contributed by atoms with Crippen LogP contribution in [-0.2, 0) is 0 Å². The van der Waals surface area contributed by atoms with E-state index in [4.69, 9.17) is 5.84 Å². The monoisotopic (exact) mass is 248 g/mol. The maximum Gasteiger partial charge on any atom is 0.255 e. The van der Waals surface area contributed by atoms with Crippen molar-refractivity contribution in [3.8, 4) is 0 Å². The Morgan fingerprint density at radius 3 is 2.89 bits per heavy atom. The zero-order chi connectivity index (χ0) is 13.1. The van der Waals surface area contributed by atoms with Crippen molar-refractivity contribution in [2.24, 2.45) is 11.8 Å². The highest BCUT2D eigenvalue weighted by Gasteiger charge is 2.25. The van der Waals surface area contributed by atoms with Gasteiger partial charge in [-0.25, -0.2) is 0 Å². The Bertz CT molecular complexity index is 447. The van der Waals surface area contributed by atoms with Crippen molar-refractivity contribution in [2.45, 2.75) is 39.2 Å². The van der Waals surface area contributed by atoms with Crippen molar-refractivity contribution in [1.29, 1.82) is 0 Å². The molecule has 1 aromatic rings. The van der Waals surface area contributed by atoms with Gasteiger partial charge in [-0.15, -0.1) is 0 Å². The first-order valence-electron chi connectivity index (χ1n) is 6.36. The molecule has 1 saturated carbocycles. The summed E-state index contributed by atoms with van der Waals surface area (Å²) in [7, 11) is 0. The summed E-state index contributed by atoms with van der Waals surface area (Å²) in [6.45, 7) is 4.04. The first kappa shape index (κ1) is 12.8. The maximum atomic E-state index is 12.2. The van der Waals surface area contributed by atoms with E-state index in [0.717, 1.165) is 12.1 Å². The Hall–Kier alpha value is -1.62. The number of hydrazine groups is 1. The second-order valence-electron chi connectivity index (χ2n) is 5.00. The van der Waals surface area contributed by atoms with Crippen LogP contribution in [0.25, 0.3) is 0 Å². The number of aromatic nitrogens is 1. The number of hydrogen-bond acceptors (Lipinski definition) is 4. The molecule has 2 unspecified atom stereocenters. The Labute approximate surface area is 107 Å². The molecule has 1 aromatic heterocycles. The van der Waals surface area contributed by atoms with Gasteiger partial charge in [-0.05, 0) is 31.7 Å². The molecule has 0 bridgehead atoms. The van der Waals surface area contributed by atoms with Gasteiger partial charge in [0.1, 0.15) is 0 Å². The number of nitrogens with one attached hydrogen (secondary N) is 2. The van der Waals surface area contributed by atoms with Crippen LogP contribution in [0.4, 0.5) is 5.69 Å². The van der Waals surface area contributed by atoms with E-state index in [1.165, 1.54) is 12.8 Å². The maximum absolute atomic E-state index is 12.2. The lowest BCUT2D eigenvalue weighted by Gasteiger charge is -2.18. The quantitative estimate of drug-likeness (QED) is 0.560. The molecule has 0 aromatic carbocycles. The average Bonchev–Trinajstić information content (AvgIpc) is 2.74. The van der Waals surface area contributed by atoms with Gasteiger partial charge in [0.05, 0.1) is 11.3 Å². The number of hydrogen-bond donors (Lipinski definition) is 3. The highest BCUT2D eigenvalue weighted by atomic mass is 16.1. The van der Waals surface area contributed by atoms with E-state index in [9.17, 15) is 4.79 Å². The summed E-state index contributed by atoms with van der Waals surface area (Å²) in [5, 5.41) is 3.06. The zero-order valence-electron chi connectivity index (χ0n) is 10.9. The van der Waals surface area contributed by atoms with Gasteiger partial charge in [-0.3, -0.25) is 15.6 Å². The third-order valence-electron chi connectivity index (χ3n) is 3.62. The average molecular weight is 248 g/mol. The molecule has 5 heteroatoms. The van der Waals surface area contributed by atoms with Gasteiger partial charge in [0.15, 0.2) is 0 Å². The first-order chi connectivity index (χ1) is 8.61. The van der Waals surface area contributed by atoms with Crippen LogP contribution in [0.3, 0.4) is 0 Å². The summed E-state index contributed by atoms with van der Waals surface area (Å²) in [6.07, 6.45) is 4.98. The SMILES string of the molecule is Cc1cc(NN)c(C(=O)NC2CCCC2C)cn1. The number of aryl methyl sites for hydroxylation is 1. The summed E-state index contributed by atoms with van der Waals surface area (Å²) in [5.74, 6) is 5.88. The van der Waals surface area contributed by atoms with E-state index in [1.54, 1.807) is 12.3 Å². The van der Waals surface area contributed by atoms with Crippen LogP contribution in [0.1, 0.15) is 42.2 Å². The van der Waals surface area contributed by atoms with Crippen LogP contribution in [0.5, 0.6) is 0 Å². The molecular weight excluding hydrogens is 228 g/mol. The van der Waals surface area contributed by atoms with Crippen molar-refractivity contribution in [2.75, 3.05) is 5.43 Å². The van der Waals surface area contributed by atoms with Crippen molar-refractivity contribution >= 4 is 11.6 Å². The molecule has 4 N–H and O–H groups in total. The number of carbonyl (C=O) groups excluding carboxylic acids is 1. The van der Waals surface area contributed by atoms with Crippen LogP contribution in [0.15, 0.2) is 12.3 Å². The molecule has 1 fully saturated rings. The number of nitrogens with zero attached hydrogens (tertiary/aromatic N) is 1. The van der Waals surface area contributed by atoms with Gasteiger partial charge < -0.3 is 10.7 Å². The van der Waals surface area contributed by atoms with E-state index < -0.39 is 0 Å². The molecule has 0 spiro atoms. The molecular formula is C13H20N4O. The summed E-state index contributed by atoms with van der Waals surface area (Å²) in [4.78, 5) is 16.3. The van der Waals surface area contributed by atoms with Crippen LogP contribution < -0.4 is 16.6 Å². The number of pyridine rings is 1. The lowest BCUT2D eigenvalue weighted by molar-refractivity contribution is 0.0930. The Balaban J connectivity index is 2.13. The van der Waals surface area contributed by atoms with E-state index in [1.807, 2.05) is 6.92 Å².